The molecule has 2 aromatic carbocycles. The molecule has 0 aliphatic carbocycles. The fourth-order valence-electron chi connectivity index (χ4n) is 3.50. The summed E-state index contributed by atoms with van der Waals surface area (Å²) < 4.78 is 13.4. The van der Waals surface area contributed by atoms with E-state index in [0.29, 0.717) is 25.1 Å². The van der Waals surface area contributed by atoms with Crippen LogP contribution in [0.25, 0.3) is 0 Å². The van der Waals surface area contributed by atoms with Gasteiger partial charge in [-0.3, -0.25) is 4.79 Å². The van der Waals surface area contributed by atoms with Crippen LogP contribution in [-0.2, 0) is 6.42 Å². The molecule has 1 saturated heterocycles. The molecule has 132 valence electrons. The van der Waals surface area contributed by atoms with E-state index in [0.717, 1.165) is 24.0 Å². The number of carbonyl (C=O) groups excluding carboxylic acids is 1. The molecule has 1 heterocycles. The second kappa shape index (κ2) is 7.79. The summed E-state index contributed by atoms with van der Waals surface area (Å²) in [6, 6.07) is 14.3. The number of hydrogen-bond donors (Lipinski definition) is 1. The van der Waals surface area contributed by atoms with Crippen molar-refractivity contribution in [3.8, 4) is 0 Å². The van der Waals surface area contributed by atoms with Crippen LogP contribution in [-0.4, -0.2) is 35.1 Å². The number of aryl methyl sites for hydroxylation is 1. The van der Waals surface area contributed by atoms with Crippen LogP contribution in [0, 0.1) is 18.7 Å². The van der Waals surface area contributed by atoms with Crippen LogP contribution >= 0.6 is 0 Å². The van der Waals surface area contributed by atoms with E-state index in [9.17, 15) is 14.3 Å². The number of halogens is 1. The molecule has 0 radical (unpaired) electrons. The zero-order chi connectivity index (χ0) is 17.8. The predicted molar refractivity (Wildman–Crippen MR) is 95.9 cm³/mol. The van der Waals surface area contributed by atoms with Gasteiger partial charge in [-0.2, -0.15) is 0 Å². The summed E-state index contributed by atoms with van der Waals surface area (Å²) in [7, 11) is 0. The number of carbonyl (C=O) groups is 1. The topological polar surface area (TPSA) is 40.5 Å². The van der Waals surface area contributed by atoms with Crippen LogP contribution in [0.5, 0.6) is 0 Å². The minimum atomic E-state index is -0.393. The lowest BCUT2D eigenvalue weighted by molar-refractivity contribution is 0.0466. The Labute approximate surface area is 148 Å². The Hall–Kier alpha value is -2.20. The molecule has 1 N–H and O–H groups in total. The number of hydrogen-bond acceptors (Lipinski definition) is 2. The highest BCUT2D eigenvalue weighted by molar-refractivity contribution is 5.95. The van der Waals surface area contributed by atoms with E-state index in [4.69, 9.17) is 0 Å². The molecule has 0 spiro atoms. The van der Waals surface area contributed by atoms with Gasteiger partial charge >= 0.3 is 0 Å². The maximum atomic E-state index is 13.4. The van der Waals surface area contributed by atoms with Crippen molar-refractivity contribution in [3.63, 3.8) is 0 Å². The van der Waals surface area contributed by atoms with Crippen LogP contribution in [0.3, 0.4) is 0 Å². The maximum absolute atomic E-state index is 13.4. The molecule has 0 aromatic heterocycles. The van der Waals surface area contributed by atoms with Gasteiger partial charge in [0.25, 0.3) is 5.91 Å². The zero-order valence-corrected chi connectivity index (χ0v) is 14.5. The fraction of sp³-hybridized carbons (Fsp3) is 0.381. The number of amides is 1. The summed E-state index contributed by atoms with van der Waals surface area (Å²) in [5, 5.41) is 10.5. The molecular weight excluding hydrogens is 317 g/mol. The summed E-state index contributed by atoms with van der Waals surface area (Å²) in [6.07, 6.45) is 1.79. The molecular formula is C21H24FNO2. The molecule has 1 amide bonds. The number of piperidine rings is 1. The Morgan fingerprint density at radius 1 is 1.20 bits per heavy atom. The molecule has 25 heavy (non-hydrogen) atoms. The van der Waals surface area contributed by atoms with Crippen molar-refractivity contribution in [2.24, 2.45) is 5.92 Å². The highest BCUT2D eigenvalue weighted by Crippen LogP contribution is 2.25. The predicted octanol–water partition coefficient (Wildman–Crippen LogP) is 3.59. The van der Waals surface area contributed by atoms with E-state index < -0.39 is 6.10 Å². The average Bonchev–Trinajstić information content (AvgIpc) is 2.64. The molecule has 2 aromatic rings. The summed E-state index contributed by atoms with van der Waals surface area (Å²) in [5.74, 6) is -0.312. The minimum Gasteiger partial charge on any atom is -0.392 e. The lowest BCUT2D eigenvalue weighted by Gasteiger charge is -2.34. The van der Waals surface area contributed by atoms with Crippen LogP contribution in [0.15, 0.2) is 48.5 Å². The Balaban J connectivity index is 1.58. The van der Waals surface area contributed by atoms with Crippen molar-refractivity contribution >= 4 is 5.91 Å². The largest absolute Gasteiger partial charge is 0.392 e. The van der Waals surface area contributed by atoms with Gasteiger partial charge in [0.05, 0.1) is 6.10 Å². The minimum absolute atomic E-state index is 0.118. The zero-order valence-electron chi connectivity index (χ0n) is 14.5. The second-order valence-corrected chi connectivity index (χ2v) is 6.85. The highest BCUT2D eigenvalue weighted by atomic mass is 19.1. The van der Waals surface area contributed by atoms with Crippen molar-refractivity contribution in [2.75, 3.05) is 13.1 Å². The molecule has 4 heteroatoms. The summed E-state index contributed by atoms with van der Waals surface area (Å²) in [4.78, 5) is 14.4. The van der Waals surface area contributed by atoms with E-state index in [1.165, 1.54) is 12.1 Å². The van der Waals surface area contributed by atoms with E-state index in [2.05, 4.69) is 0 Å². The second-order valence-electron chi connectivity index (χ2n) is 6.85. The molecule has 1 aliphatic rings. The first-order valence-corrected chi connectivity index (χ1v) is 8.82. The van der Waals surface area contributed by atoms with Crippen LogP contribution < -0.4 is 0 Å². The Kier molecular flexibility index (Phi) is 5.49. The van der Waals surface area contributed by atoms with Crippen LogP contribution in [0.2, 0.25) is 0 Å². The first-order chi connectivity index (χ1) is 12.0. The molecule has 3 nitrogen and oxygen atoms in total. The lowest BCUT2D eigenvalue weighted by atomic mass is 9.87. The van der Waals surface area contributed by atoms with Crippen molar-refractivity contribution in [1.82, 2.24) is 4.90 Å². The van der Waals surface area contributed by atoms with Gasteiger partial charge in [0.15, 0.2) is 0 Å². The number of rotatable bonds is 4. The molecule has 0 unspecified atom stereocenters. The fourth-order valence-corrected chi connectivity index (χ4v) is 3.50. The maximum Gasteiger partial charge on any atom is 0.254 e. The Morgan fingerprint density at radius 3 is 2.56 bits per heavy atom. The smallest absolute Gasteiger partial charge is 0.254 e. The average molecular weight is 341 g/mol. The van der Waals surface area contributed by atoms with E-state index in [1.807, 2.05) is 37.3 Å². The molecule has 0 bridgehead atoms. The Morgan fingerprint density at radius 2 is 1.88 bits per heavy atom. The Bertz CT molecular complexity index is 724. The molecule has 1 aliphatic heterocycles. The van der Waals surface area contributed by atoms with Crippen LogP contribution in [0.4, 0.5) is 4.39 Å². The van der Waals surface area contributed by atoms with Crippen LogP contribution in [0.1, 0.15) is 34.3 Å². The first-order valence-electron chi connectivity index (χ1n) is 8.82. The van der Waals surface area contributed by atoms with E-state index in [-0.39, 0.29) is 17.6 Å². The SMILES string of the molecule is Cc1ccc(F)cc1C(=O)N1CCC([C@@H](O)Cc2ccccc2)CC1. The number of likely N-dealkylation sites (tertiary alicyclic amines) is 1. The number of benzene rings is 2. The van der Waals surface area contributed by atoms with Gasteiger partial charge in [-0.1, -0.05) is 36.4 Å². The third-order valence-corrected chi connectivity index (χ3v) is 5.09. The monoisotopic (exact) mass is 341 g/mol. The van der Waals surface area contributed by atoms with Crippen molar-refractivity contribution < 1.29 is 14.3 Å². The van der Waals surface area contributed by atoms with Gasteiger partial charge in [0, 0.05) is 18.7 Å². The normalized spacial score (nSPS) is 16.7. The van der Waals surface area contributed by atoms with Crippen molar-refractivity contribution in [2.45, 2.75) is 32.3 Å². The number of aliphatic hydroxyl groups is 1. The van der Waals surface area contributed by atoms with Crippen molar-refractivity contribution in [3.05, 3.63) is 71.0 Å². The molecule has 1 atom stereocenters. The molecule has 0 saturated carbocycles. The van der Waals surface area contributed by atoms with Gasteiger partial charge in [-0.25, -0.2) is 4.39 Å². The lowest BCUT2D eigenvalue weighted by Crippen LogP contribution is -2.41. The van der Waals surface area contributed by atoms with Gasteiger partial charge in [-0.15, -0.1) is 0 Å². The standard InChI is InChI=1S/C21H24FNO2/c1-15-7-8-18(22)14-19(15)21(25)23-11-9-17(10-12-23)20(24)13-16-5-3-2-4-6-16/h2-8,14,17,20,24H,9-13H2,1H3/t20-/m0/s1. The number of nitrogens with zero attached hydrogens (tertiary/aromatic N) is 1. The quantitative estimate of drug-likeness (QED) is 0.923. The van der Waals surface area contributed by atoms with Crippen molar-refractivity contribution in [1.29, 1.82) is 0 Å². The number of aliphatic hydroxyl groups excluding tert-OH is 1. The highest BCUT2D eigenvalue weighted by Gasteiger charge is 2.28. The third-order valence-electron chi connectivity index (χ3n) is 5.09. The summed E-state index contributed by atoms with van der Waals surface area (Å²) >= 11 is 0. The first kappa shape index (κ1) is 17.6. The van der Waals surface area contributed by atoms with E-state index in [1.54, 1.807) is 11.0 Å². The third kappa shape index (κ3) is 4.26. The van der Waals surface area contributed by atoms with Gasteiger partial charge in [0.2, 0.25) is 0 Å². The molecule has 3 rings (SSSR count). The van der Waals surface area contributed by atoms with E-state index >= 15 is 0 Å². The van der Waals surface area contributed by atoms with Gasteiger partial charge in [0.1, 0.15) is 5.82 Å². The van der Waals surface area contributed by atoms with Gasteiger partial charge < -0.3 is 10.0 Å². The summed E-state index contributed by atoms with van der Waals surface area (Å²) in [6.45, 7) is 3.03. The molecule has 1 fully saturated rings. The summed E-state index contributed by atoms with van der Waals surface area (Å²) in [5.41, 5.74) is 2.35. The van der Waals surface area contributed by atoms with Gasteiger partial charge in [-0.05, 0) is 55.4 Å².